The zero-order valence-corrected chi connectivity index (χ0v) is 10.2. The molecule has 0 aromatic carbocycles. The second-order valence-corrected chi connectivity index (χ2v) is 6.06. The van der Waals surface area contributed by atoms with Gasteiger partial charge in [0, 0.05) is 0 Å². The minimum atomic E-state index is 0.724. The van der Waals surface area contributed by atoms with Crippen LogP contribution >= 0.6 is 0 Å². The summed E-state index contributed by atoms with van der Waals surface area (Å²) in [4.78, 5) is 0. The van der Waals surface area contributed by atoms with E-state index < -0.39 is 0 Å². The van der Waals surface area contributed by atoms with E-state index >= 15 is 0 Å². The lowest BCUT2D eigenvalue weighted by molar-refractivity contribution is 0.129. The van der Waals surface area contributed by atoms with Crippen molar-refractivity contribution >= 4 is 0 Å². The summed E-state index contributed by atoms with van der Waals surface area (Å²) in [6, 6.07) is 0. The second kappa shape index (κ2) is 3.87. The van der Waals surface area contributed by atoms with Gasteiger partial charge in [-0.15, -0.1) is 0 Å². The minimum Gasteiger partial charge on any atom is -0.0654 e. The Morgan fingerprint density at radius 1 is 1.21 bits per heavy atom. The topological polar surface area (TPSA) is 0 Å². The van der Waals surface area contributed by atoms with Gasteiger partial charge >= 0.3 is 0 Å². The average molecular weight is 194 g/mol. The van der Waals surface area contributed by atoms with Gasteiger partial charge in [0.1, 0.15) is 0 Å². The fraction of sp³-hybridized carbons (Fsp3) is 1.00. The van der Waals surface area contributed by atoms with Crippen LogP contribution in [0.3, 0.4) is 0 Å². The number of hydrogen-bond acceptors (Lipinski definition) is 0. The van der Waals surface area contributed by atoms with Gasteiger partial charge in [0.2, 0.25) is 0 Å². The molecule has 2 saturated carbocycles. The van der Waals surface area contributed by atoms with E-state index in [-0.39, 0.29) is 0 Å². The number of fused-ring (bicyclic) bond motifs is 1. The average Bonchev–Trinajstić information content (AvgIpc) is 2.94. The van der Waals surface area contributed by atoms with Gasteiger partial charge in [0.05, 0.1) is 0 Å². The van der Waals surface area contributed by atoms with Gasteiger partial charge in [-0.05, 0) is 42.4 Å². The molecule has 2 aliphatic rings. The van der Waals surface area contributed by atoms with Crippen LogP contribution in [0.1, 0.15) is 65.7 Å². The Bertz CT molecular complexity index is 196. The minimum absolute atomic E-state index is 0.724. The Morgan fingerprint density at radius 2 is 2.00 bits per heavy atom. The zero-order valence-electron chi connectivity index (χ0n) is 10.2. The third-order valence-corrected chi connectivity index (χ3v) is 4.98. The fourth-order valence-corrected chi connectivity index (χ4v) is 3.80. The molecule has 14 heavy (non-hydrogen) atoms. The van der Waals surface area contributed by atoms with Crippen LogP contribution < -0.4 is 0 Å². The van der Waals surface area contributed by atoms with Gasteiger partial charge in [-0.3, -0.25) is 0 Å². The van der Waals surface area contributed by atoms with Crippen molar-refractivity contribution in [3.8, 4) is 0 Å². The molecule has 0 aromatic rings. The summed E-state index contributed by atoms with van der Waals surface area (Å²) in [7, 11) is 0. The third kappa shape index (κ3) is 1.85. The van der Waals surface area contributed by atoms with E-state index in [0.29, 0.717) is 0 Å². The summed E-state index contributed by atoms with van der Waals surface area (Å²) in [5.74, 6) is 3.32. The SMILES string of the molecule is CCCCC1CC2CC2C(C)(CC)C1. The molecule has 0 amide bonds. The maximum Gasteiger partial charge on any atom is -0.0295 e. The molecule has 4 atom stereocenters. The van der Waals surface area contributed by atoms with E-state index in [1.54, 1.807) is 12.8 Å². The molecule has 0 nitrogen and oxygen atoms in total. The number of rotatable bonds is 4. The summed E-state index contributed by atoms with van der Waals surface area (Å²) >= 11 is 0. The van der Waals surface area contributed by atoms with Crippen molar-refractivity contribution in [2.75, 3.05) is 0 Å². The summed E-state index contributed by atoms with van der Waals surface area (Å²) in [6.45, 7) is 7.27. The standard InChI is InChI=1S/C14H26/c1-4-6-7-11-8-12-9-13(12)14(3,5-2)10-11/h11-13H,4-10H2,1-3H3. The molecule has 2 rings (SSSR count). The van der Waals surface area contributed by atoms with Crippen LogP contribution in [0.4, 0.5) is 0 Å². The first-order valence-electron chi connectivity index (χ1n) is 6.69. The number of hydrogen-bond donors (Lipinski definition) is 0. The van der Waals surface area contributed by atoms with Crippen molar-refractivity contribution in [1.29, 1.82) is 0 Å². The molecule has 0 heterocycles. The lowest BCUT2D eigenvalue weighted by Crippen LogP contribution is -2.28. The van der Waals surface area contributed by atoms with Gasteiger partial charge in [0.25, 0.3) is 0 Å². The highest BCUT2D eigenvalue weighted by Gasteiger charge is 2.53. The van der Waals surface area contributed by atoms with Crippen molar-refractivity contribution in [2.45, 2.75) is 65.7 Å². The molecular weight excluding hydrogens is 168 g/mol. The van der Waals surface area contributed by atoms with Crippen LogP contribution in [0, 0.1) is 23.2 Å². The predicted molar refractivity (Wildman–Crippen MR) is 62.2 cm³/mol. The predicted octanol–water partition coefficient (Wildman–Crippen LogP) is 4.64. The van der Waals surface area contributed by atoms with E-state index in [2.05, 4.69) is 20.8 Å². The van der Waals surface area contributed by atoms with Crippen LogP contribution in [0.25, 0.3) is 0 Å². The van der Waals surface area contributed by atoms with Crippen LogP contribution in [0.15, 0.2) is 0 Å². The van der Waals surface area contributed by atoms with E-state index in [4.69, 9.17) is 0 Å². The van der Waals surface area contributed by atoms with E-state index in [0.717, 1.165) is 23.2 Å². The lowest BCUT2D eigenvalue weighted by Gasteiger charge is -2.37. The van der Waals surface area contributed by atoms with Crippen LogP contribution in [-0.2, 0) is 0 Å². The highest BCUT2D eigenvalue weighted by Crippen LogP contribution is 2.62. The summed E-state index contributed by atoms with van der Waals surface area (Å²) in [5, 5.41) is 0. The molecule has 0 N–H and O–H groups in total. The molecule has 82 valence electrons. The quantitative estimate of drug-likeness (QED) is 0.611. The highest BCUT2D eigenvalue weighted by atomic mass is 14.6. The Balaban J connectivity index is 1.90. The van der Waals surface area contributed by atoms with Crippen molar-refractivity contribution in [2.24, 2.45) is 23.2 Å². The normalized spacial score (nSPS) is 46.1. The Labute approximate surface area is 89.5 Å². The molecule has 2 fully saturated rings. The molecule has 0 aromatic heterocycles. The van der Waals surface area contributed by atoms with Gasteiger partial charge < -0.3 is 0 Å². The largest absolute Gasteiger partial charge is 0.0654 e. The Morgan fingerprint density at radius 3 is 2.64 bits per heavy atom. The maximum atomic E-state index is 2.55. The van der Waals surface area contributed by atoms with E-state index in [1.165, 1.54) is 32.1 Å². The summed E-state index contributed by atoms with van der Waals surface area (Å²) < 4.78 is 0. The molecule has 4 unspecified atom stereocenters. The van der Waals surface area contributed by atoms with Gasteiger partial charge in [0.15, 0.2) is 0 Å². The first-order chi connectivity index (χ1) is 6.69. The van der Waals surface area contributed by atoms with Gasteiger partial charge in [-0.25, -0.2) is 0 Å². The van der Waals surface area contributed by atoms with Gasteiger partial charge in [-0.1, -0.05) is 46.5 Å². The monoisotopic (exact) mass is 194 g/mol. The van der Waals surface area contributed by atoms with E-state index in [1.807, 2.05) is 0 Å². The first kappa shape index (κ1) is 10.5. The van der Waals surface area contributed by atoms with Crippen molar-refractivity contribution < 1.29 is 0 Å². The molecule has 0 saturated heterocycles. The molecule has 0 heteroatoms. The lowest BCUT2D eigenvalue weighted by atomic mass is 9.68. The molecule has 0 radical (unpaired) electrons. The molecule has 0 bridgehead atoms. The number of unbranched alkanes of at least 4 members (excludes halogenated alkanes) is 1. The molecular formula is C14H26. The van der Waals surface area contributed by atoms with Crippen molar-refractivity contribution in [3.63, 3.8) is 0 Å². The van der Waals surface area contributed by atoms with Crippen LogP contribution in [0.5, 0.6) is 0 Å². The first-order valence-corrected chi connectivity index (χ1v) is 6.69. The Kier molecular flexibility index (Phi) is 2.91. The van der Waals surface area contributed by atoms with Crippen LogP contribution in [0.2, 0.25) is 0 Å². The van der Waals surface area contributed by atoms with Crippen molar-refractivity contribution in [1.82, 2.24) is 0 Å². The zero-order chi connectivity index (χ0) is 10.2. The third-order valence-electron chi connectivity index (χ3n) is 4.98. The Hall–Kier alpha value is 0. The highest BCUT2D eigenvalue weighted by molar-refractivity contribution is 5.03. The summed E-state index contributed by atoms with van der Waals surface area (Å²) in [5.41, 5.74) is 0.724. The molecule has 0 spiro atoms. The smallest absolute Gasteiger partial charge is 0.0295 e. The van der Waals surface area contributed by atoms with Gasteiger partial charge in [-0.2, -0.15) is 0 Å². The summed E-state index contributed by atoms with van der Waals surface area (Å²) in [6.07, 6.45) is 10.4. The van der Waals surface area contributed by atoms with E-state index in [9.17, 15) is 0 Å². The maximum absolute atomic E-state index is 2.55. The molecule has 0 aliphatic heterocycles. The second-order valence-electron chi connectivity index (χ2n) is 6.06. The fourth-order valence-electron chi connectivity index (χ4n) is 3.80. The van der Waals surface area contributed by atoms with Crippen molar-refractivity contribution in [3.05, 3.63) is 0 Å². The van der Waals surface area contributed by atoms with Crippen LogP contribution in [-0.4, -0.2) is 0 Å². The molecule has 2 aliphatic carbocycles.